The Hall–Kier alpha value is -1.13. The van der Waals surface area contributed by atoms with Crippen LogP contribution in [0.1, 0.15) is 21.1 Å². The number of carbonyl (C=O) groups is 1. The summed E-state index contributed by atoms with van der Waals surface area (Å²) in [5, 5.41) is 4.20. The fourth-order valence-corrected chi connectivity index (χ4v) is 2.53. The number of hydrogen-bond acceptors (Lipinski definition) is 3. The number of Topliss-reactive ketones (excluding diaryl/α,β-unsaturated/α-hetero) is 1. The first-order chi connectivity index (χ1) is 7.56. The fourth-order valence-electron chi connectivity index (χ4n) is 1.55. The summed E-state index contributed by atoms with van der Waals surface area (Å²) in [5.74, 6) is 0.0832. The van der Waals surface area contributed by atoms with Crippen molar-refractivity contribution in [2.45, 2.75) is 13.3 Å². The SMILES string of the molecule is Cc1cc(CC(=O)c2ccc(Cl)s2)n(C)n1. The summed E-state index contributed by atoms with van der Waals surface area (Å²) in [5.41, 5.74) is 1.85. The highest BCUT2D eigenvalue weighted by Crippen LogP contribution is 2.22. The van der Waals surface area contributed by atoms with E-state index in [0.717, 1.165) is 11.4 Å². The Morgan fingerprint density at radius 3 is 2.81 bits per heavy atom. The Kier molecular flexibility index (Phi) is 3.12. The molecule has 0 radical (unpaired) electrons. The molecular weight excluding hydrogens is 244 g/mol. The molecule has 0 unspecified atom stereocenters. The van der Waals surface area contributed by atoms with Crippen LogP contribution in [0.25, 0.3) is 0 Å². The maximum absolute atomic E-state index is 11.9. The van der Waals surface area contributed by atoms with Gasteiger partial charge in [0.1, 0.15) is 0 Å². The van der Waals surface area contributed by atoms with Crippen LogP contribution in [-0.2, 0) is 13.5 Å². The van der Waals surface area contributed by atoms with E-state index in [1.54, 1.807) is 16.8 Å². The summed E-state index contributed by atoms with van der Waals surface area (Å²) in [6, 6.07) is 5.43. The van der Waals surface area contributed by atoms with Gasteiger partial charge >= 0.3 is 0 Å². The molecule has 2 aromatic heterocycles. The van der Waals surface area contributed by atoms with E-state index >= 15 is 0 Å². The minimum atomic E-state index is 0.0832. The zero-order chi connectivity index (χ0) is 11.7. The fraction of sp³-hybridized carbons (Fsp3) is 0.273. The first kappa shape index (κ1) is 11.4. The molecule has 0 saturated carbocycles. The normalized spacial score (nSPS) is 10.7. The first-order valence-electron chi connectivity index (χ1n) is 4.84. The second-order valence-corrected chi connectivity index (χ2v) is 5.32. The van der Waals surface area contributed by atoms with Gasteiger partial charge in [0.25, 0.3) is 0 Å². The maximum Gasteiger partial charge on any atom is 0.178 e. The Morgan fingerprint density at radius 1 is 1.56 bits per heavy atom. The molecule has 0 N–H and O–H groups in total. The number of rotatable bonds is 3. The minimum absolute atomic E-state index is 0.0832. The third-order valence-electron chi connectivity index (χ3n) is 2.29. The van der Waals surface area contributed by atoms with Gasteiger partial charge in [-0.1, -0.05) is 11.6 Å². The largest absolute Gasteiger partial charge is 0.293 e. The molecule has 84 valence electrons. The van der Waals surface area contributed by atoms with E-state index in [9.17, 15) is 4.79 Å². The maximum atomic E-state index is 11.9. The van der Waals surface area contributed by atoms with Crippen LogP contribution >= 0.6 is 22.9 Å². The molecule has 0 fully saturated rings. The minimum Gasteiger partial charge on any atom is -0.293 e. The van der Waals surface area contributed by atoms with Crippen LogP contribution in [0, 0.1) is 6.92 Å². The average Bonchev–Trinajstić information content (AvgIpc) is 2.74. The molecule has 0 saturated heterocycles. The van der Waals surface area contributed by atoms with Crippen molar-refractivity contribution in [2.75, 3.05) is 0 Å². The van der Waals surface area contributed by atoms with Gasteiger partial charge in [-0.3, -0.25) is 9.48 Å². The van der Waals surface area contributed by atoms with Gasteiger partial charge in [-0.25, -0.2) is 0 Å². The molecule has 2 heterocycles. The number of thiophene rings is 1. The van der Waals surface area contributed by atoms with Crippen molar-refractivity contribution in [1.82, 2.24) is 9.78 Å². The first-order valence-corrected chi connectivity index (χ1v) is 6.04. The Bertz CT molecular complexity index is 530. The van der Waals surface area contributed by atoms with E-state index in [0.29, 0.717) is 15.6 Å². The van der Waals surface area contributed by atoms with E-state index < -0.39 is 0 Å². The molecular formula is C11H11ClN2OS. The molecule has 0 aliphatic rings. The van der Waals surface area contributed by atoms with E-state index in [1.807, 2.05) is 20.0 Å². The molecule has 16 heavy (non-hydrogen) atoms. The van der Waals surface area contributed by atoms with Gasteiger partial charge in [-0.05, 0) is 25.1 Å². The van der Waals surface area contributed by atoms with Crippen molar-refractivity contribution in [1.29, 1.82) is 0 Å². The van der Waals surface area contributed by atoms with E-state index in [1.165, 1.54) is 11.3 Å². The topological polar surface area (TPSA) is 34.9 Å². The van der Waals surface area contributed by atoms with Gasteiger partial charge in [0.05, 0.1) is 21.3 Å². The third-order valence-corrected chi connectivity index (χ3v) is 3.56. The molecule has 0 spiro atoms. The predicted molar refractivity (Wildman–Crippen MR) is 65.3 cm³/mol. The molecule has 0 atom stereocenters. The van der Waals surface area contributed by atoms with Gasteiger partial charge in [0.15, 0.2) is 5.78 Å². The monoisotopic (exact) mass is 254 g/mol. The summed E-state index contributed by atoms with van der Waals surface area (Å²) >= 11 is 7.11. The Balaban J connectivity index is 2.16. The third kappa shape index (κ3) is 2.33. The highest BCUT2D eigenvalue weighted by Gasteiger charge is 2.12. The number of aromatic nitrogens is 2. The van der Waals surface area contributed by atoms with Crippen molar-refractivity contribution in [3.05, 3.63) is 38.8 Å². The van der Waals surface area contributed by atoms with Crippen molar-refractivity contribution >= 4 is 28.7 Å². The van der Waals surface area contributed by atoms with Crippen molar-refractivity contribution < 1.29 is 4.79 Å². The van der Waals surface area contributed by atoms with Gasteiger partial charge in [0.2, 0.25) is 0 Å². The summed E-state index contributed by atoms with van der Waals surface area (Å²) in [4.78, 5) is 12.6. The predicted octanol–water partition coefficient (Wildman–Crippen LogP) is 2.87. The molecule has 0 amide bonds. The number of halogens is 1. The van der Waals surface area contributed by atoms with Crippen molar-refractivity contribution in [2.24, 2.45) is 7.05 Å². The number of aryl methyl sites for hydroxylation is 2. The van der Waals surface area contributed by atoms with E-state index in [2.05, 4.69) is 5.10 Å². The lowest BCUT2D eigenvalue weighted by atomic mass is 10.2. The molecule has 3 nitrogen and oxygen atoms in total. The molecule has 2 aromatic rings. The van der Waals surface area contributed by atoms with Crippen LogP contribution in [0.5, 0.6) is 0 Å². The second kappa shape index (κ2) is 4.39. The lowest BCUT2D eigenvalue weighted by Gasteiger charge is -1.99. The lowest BCUT2D eigenvalue weighted by molar-refractivity contribution is 0.0994. The number of hydrogen-bond donors (Lipinski definition) is 0. The van der Waals surface area contributed by atoms with E-state index in [4.69, 9.17) is 11.6 Å². The van der Waals surface area contributed by atoms with Gasteiger partial charge < -0.3 is 0 Å². The standard InChI is InChI=1S/C11H11ClN2OS/c1-7-5-8(14(2)13-7)6-9(15)10-3-4-11(12)16-10/h3-5H,6H2,1-2H3. The molecule has 2 rings (SSSR count). The average molecular weight is 255 g/mol. The van der Waals surface area contributed by atoms with Crippen LogP contribution < -0.4 is 0 Å². The summed E-state index contributed by atoms with van der Waals surface area (Å²) in [7, 11) is 1.84. The lowest BCUT2D eigenvalue weighted by Crippen LogP contribution is -2.06. The van der Waals surface area contributed by atoms with Crippen LogP contribution in [0.2, 0.25) is 4.34 Å². The van der Waals surface area contributed by atoms with Crippen LogP contribution in [0.4, 0.5) is 0 Å². The second-order valence-electron chi connectivity index (χ2n) is 3.60. The molecule has 5 heteroatoms. The highest BCUT2D eigenvalue weighted by molar-refractivity contribution is 7.18. The van der Waals surface area contributed by atoms with Gasteiger partial charge in [-0.15, -0.1) is 11.3 Å². The highest BCUT2D eigenvalue weighted by atomic mass is 35.5. The number of ketones is 1. The zero-order valence-corrected chi connectivity index (χ0v) is 10.6. The molecule has 0 aliphatic carbocycles. The molecule has 0 aliphatic heterocycles. The summed E-state index contributed by atoms with van der Waals surface area (Å²) in [6.45, 7) is 1.91. The smallest absolute Gasteiger partial charge is 0.178 e. The zero-order valence-electron chi connectivity index (χ0n) is 9.03. The van der Waals surface area contributed by atoms with E-state index in [-0.39, 0.29) is 5.78 Å². The van der Waals surface area contributed by atoms with Crippen LogP contribution in [0.15, 0.2) is 18.2 Å². The Morgan fingerprint density at radius 2 is 2.31 bits per heavy atom. The quantitative estimate of drug-likeness (QED) is 0.790. The number of carbonyl (C=O) groups excluding carboxylic acids is 1. The van der Waals surface area contributed by atoms with Crippen molar-refractivity contribution in [3.63, 3.8) is 0 Å². The molecule has 0 aromatic carbocycles. The van der Waals surface area contributed by atoms with Crippen molar-refractivity contribution in [3.8, 4) is 0 Å². The van der Waals surface area contributed by atoms with Gasteiger partial charge in [-0.2, -0.15) is 5.10 Å². The number of nitrogens with zero attached hydrogens (tertiary/aromatic N) is 2. The summed E-state index contributed by atoms with van der Waals surface area (Å²) in [6.07, 6.45) is 0.369. The van der Waals surface area contributed by atoms with Crippen LogP contribution in [0.3, 0.4) is 0 Å². The Labute approximate surface area is 103 Å². The molecule has 0 bridgehead atoms. The van der Waals surface area contributed by atoms with Crippen LogP contribution in [-0.4, -0.2) is 15.6 Å². The van der Waals surface area contributed by atoms with Gasteiger partial charge in [0, 0.05) is 12.7 Å². The summed E-state index contributed by atoms with van der Waals surface area (Å²) < 4.78 is 2.38.